The molecule has 5 aromatic rings. The molecule has 2 aromatic carbocycles. The number of anilines is 1. The van der Waals surface area contributed by atoms with Crippen molar-refractivity contribution in [3.63, 3.8) is 0 Å². The van der Waals surface area contributed by atoms with Crippen LogP contribution in [0.2, 0.25) is 0 Å². The molecular weight excluding hydrogens is 410 g/mol. The van der Waals surface area contributed by atoms with E-state index in [4.69, 9.17) is 0 Å². The largest absolute Gasteiger partial charge is 0.321 e. The van der Waals surface area contributed by atoms with Crippen molar-refractivity contribution in [3.8, 4) is 11.3 Å². The van der Waals surface area contributed by atoms with Gasteiger partial charge in [-0.25, -0.2) is 9.67 Å². The van der Waals surface area contributed by atoms with Crippen LogP contribution < -0.4 is 10.9 Å². The molecule has 3 aromatic heterocycles. The summed E-state index contributed by atoms with van der Waals surface area (Å²) in [6, 6.07) is 19.8. The summed E-state index contributed by atoms with van der Waals surface area (Å²) in [7, 11) is 0. The SMILES string of the molecule is O=C(Nc1ccc(-c2cn3ccsc3n2)cc1)c1ccc(=O)n(Cc2ccccc2)n1. The molecule has 0 radical (unpaired) electrons. The Morgan fingerprint density at radius 1 is 1.00 bits per heavy atom. The minimum absolute atomic E-state index is 0.175. The van der Waals surface area contributed by atoms with E-state index in [-0.39, 0.29) is 17.2 Å². The Bertz CT molecular complexity index is 1390. The molecule has 8 heteroatoms. The first-order valence-electron chi connectivity index (χ1n) is 9.62. The molecule has 0 unspecified atom stereocenters. The Labute approximate surface area is 181 Å². The number of aromatic nitrogens is 4. The number of fused-ring (bicyclic) bond motifs is 1. The lowest BCUT2D eigenvalue weighted by Crippen LogP contribution is -2.26. The van der Waals surface area contributed by atoms with E-state index in [1.165, 1.54) is 16.8 Å². The minimum atomic E-state index is -0.378. The topological polar surface area (TPSA) is 81.3 Å². The van der Waals surface area contributed by atoms with Crippen molar-refractivity contribution < 1.29 is 4.79 Å². The van der Waals surface area contributed by atoms with E-state index in [1.807, 2.05) is 76.8 Å². The highest BCUT2D eigenvalue weighted by Crippen LogP contribution is 2.23. The first kappa shape index (κ1) is 19.0. The summed E-state index contributed by atoms with van der Waals surface area (Å²) in [6.45, 7) is 0.303. The number of thiazole rings is 1. The molecule has 7 nitrogen and oxygen atoms in total. The van der Waals surface area contributed by atoms with Crippen LogP contribution in [0.1, 0.15) is 16.1 Å². The van der Waals surface area contributed by atoms with Crippen molar-refractivity contribution in [2.45, 2.75) is 6.54 Å². The van der Waals surface area contributed by atoms with Crippen molar-refractivity contribution in [2.75, 3.05) is 5.32 Å². The Kier molecular flexibility index (Phi) is 4.89. The fraction of sp³-hybridized carbons (Fsp3) is 0.0435. The summed E-state index contributed by atoms with van der Waals surface area (Å²) < 4.78 is 3.27. The normalized spacial score (nSPS) is 11.0. The summed E-state index contributed by atoms with van der Waals surface area (Å²) >= 11 is 1.58. The van der Waals surface area contributed by atoms with Gasteiger partial charge in [-0.3, -0.25) is 14.0 Å². The van der Waals surface area contributed by atoms with E-state index >= 15 is 0 Å². The van der Waals surface area contributed by atoms with Crippen LogP contribution in [-0.4, -0.2) is 25.1 Å². The highest BCUT2D eigenvalue weighted by atomic mass is 32.1. The Balaban J connectivity index is 1.32. The van der Waals surface area contributed by atoms with Crippen molar-refractivity contribution in [3.05, 3.63) is 106 Å². The molecule has 0 bridgehead atoms. The molecule has 1 amide bonds. The standard InChI is InChI=1S/C23H17N5O2S/c29-21-11-10-19(26-28(21)14-16-4-2-1-3-5-16)22(30)24-18-8-6-17(7-9-18)20-15-27-12-13-31-23(27)25-20/h1-13,15H,14H2,(H,24,30). The van der Waals surface area contributed by atoms with Gasteiger partial charge in [0.2, 0.25) is 0 Å². The van der Waals surface area contributed by atoms with Gasteiger partial charge in [0.25, 0.3) is 11.5 Å². The number of nitrogens with zero attached hydrogens (tertiary/aromatic N) is 4. The van der Waals surface area contributed by atoms with Crippen LogP contribution in [-0.2, 0) is 6.54 Å². The van der Waals surface area contributed by atoms with Crippen LogP contribution in [0.25, 0.3) is 16.2 Å². The van der Waals surface area contributed by atoms with E-state index in [9.17, 15) is 9.59 Å². The molecule has 0 aliphatic carbocycles. The summed E-state index contributed by atoms with van der Waals surface area (Å²) in [6.07, 6.45) is 3.94. The Morgan fingerprint density at radius 2 is 1.81 bits per heavy atom. The third-order valence-corrected chi connectivity index (χ3v) is 5.58. The molecule has 0 aliphatic rings. The summed E-state index contributed by atoms with van der Waals surface area (Å²) in [4.78, 5) is 30.3. The maximum atomic E-state index is 12.7. The Hall–Kier alpha value is -4.04. The molecule has 152 valence electrons. The summed E-state index contributed by atoms with van der Waals surface area (Å²) in [5.41, 5.74) is 3.32. The average Bonchev–Trinajstić information content (AvgIpc) is 3.39. The fourth-order valence-electron chi connectivity index (χ4n) is 3.23. The van der Waals surface area contributed by atoms with Crippen LogP contribution in [0.4, 0.5) is 5.69 Å². The van der Waals surface area contributed by atoms with Crippen LogP contribution >= 0.6 is 11.3 Å². The number of hydrogen-bond acceptors (Lipinski definition) is 5. The van der Waals surface area contributed by atoms with Crippen molar-refractivity contribution in [2.24, 2.45) is 0 Å². The number of nitrogens with one attached hydrogen (secondary N) is 1. The van der Waals surface area contributed by atoms with Crippen molar-refractivity contribution in [1.29, 1.82) is 0 Å². The molecule has 0 saturated carbocycles. The van der Waals surface area contributed by atoms with Crippen LogP contribution in [0.15, 0.2) is 89.3 Å². The van der Waals surface area contributed by atoms with Crippen molar-refractivity contribution >= 4 is 27.9 Å². The number of benzene rings is 2. The fourth-order valence-corrected chi connectivity index (χ4v) is 3.93. The smallest absolute Gasteiger partial charge is 0.276 e. The van der Waals surface area contributed by atoms with E-state index < -0.39 is 0 Å². The van der Waals surface area contributed by atoms with Gasteiger partial charge in [-0.05, 0) is 23.8 Å². The first-order valence-corrected chi connectivity index (χ1v) is 10.5. The molecule has 0 aliphatic heterocycles. The zero-order valence-corrected chi connectivity index (χ0v) is 17.1. The number of rotatable bonds is 5. The van der Waals surface area contributed by atoms with Gasteiger partial charge in [-0.2, -0.15) is 5.10 Å². The van der Waals surface area contributed by atoms with Gasteiger partial charge >= 0.3 is 0 Å². The maximum absolute atomic E-state index is 12.7. The first-order chi connectivity index (χ1) is 15.2. The van der Waals surface area contributed by atoms with E-state index in [1.54, 1.807) is 11.3 Å². The monoisotopic (exact) mass is 427 g/mol. The predicted octanol–water partition coefficient (Wildman–Crippen LogP) is 3.92. The van der Waals surface area contributed by atoms with Crippen LogP contribution in [0.5, 0.6) is 0 Å². The molecular formula is C23H17N5O2S. The van der Waals surface area contributed by atoms with E-state index in [0.29, 0.717) is 12.2 Å². The average molecular weight is 427 g/mol. The van der Waals surface area contributed by atoms with E-state index in [0.717, 1.165) is 21.8 Å². The number of carbonyl (C=O) groups is 1. The molecule has 0 fully saturated rings. The molecule has 31 heavy (non-hydrogen) atoms. The van der Waals surface area contributed by atoms with Gasteiger partial charge in [0.1, 0.15) is 5.69 Å². The number of imidazole rings is 1. The van der Waals surface area contributed by atoms with Crippen LogP contribution in [0.3, 0.4) is 0 Å². The summed E-state index contributed by atoms with van der Waals surface area (Å²) in [5.74, 6) is -0.378. The van der Waals surface area contributed by atoms with Gasteiger partial charge in [0, 0.05) is 35.1 Å². The number of amides is 1. The molecule has 0 spiro atoms. The van der Waals surface area contributed by atoms with Gasteiger partial charge in [0.05, 0.1) is 12.2 Å². The molecule has 3 heterocycles. The second-order valence-electron chi connectivity index (χ2n) is 6.95. The highest BCUT2D eigenvalue weighted by molar-refractivity contribution is 7.15. The van der Waals surface area contributed by atoms with Gasteiger partial charge < -0.3 is 5.32 Å². The van der Waals surface area contributed by atoms with Crippen molar-refractivity contribution in [1.82, 2.24) is 19.2 Å². The highest BCUT2D eigenvalue weighted by Gasteiger charge is 2.11. The maximum Gasteiger partial charge on any atom is 0.276 e. The lowest BCUT2D eigenvalue weighted by Gasteiger charge is -2.08. The summed E-state index contributed by atoms with van der Waals surface area (Å²) in [5, 5.41) is 9.04. The second-order valence-corrected chi connectivity index (χ2v) is 7.82. The van der Waals surface area contributed by atoms with Crippen LogP contribution in [0, 0.1) is 0 Å². The van der Waals surface area contributed by atoms with Gasteiger partial charge in [-0.1, -0.05) is 42.5 Å². The minimum Gasteiger partial charge on any atom is -0.321 e. The van der Waals surface area contributed by atoms with Gasteiger partial charge in [-0.15, -0.1) is 11.3 Å². The molecule has 5 rings (SSSR count). The number of hydrogen-bond donors (Lipinski definition) is 1. The quantitative estimate of drug-likeness (QED) is 0.461. The molecule has 0 atom stereocenters. The lowest BCUT2D eigenvalue weighted by molar-refractivity contribution is 0.102. The zero-order chi connectivity index (χ0) is 21.2. The zero-order valence-electron chi connectivity index (χ0n) is 16.3. The third kappa shape index (κ3) is 4.01. The van der Waals surface area contributed by atoms with Gasteiger partial charge in [0.15, 0.2) is 4.96 Å². The van der Waals surface area contributed by atoms with E-state index in [2.05, 4.69) is 15.4 Å². The molecule has 0 saturated heterocycles. The second kappa shape index (κ2) is 8.00. The lowest BCUT2D eigenvalue weighted by atomic mass is 10.1. The Morgan fingerprint density at radius 3 is 2.58 bits per heavy atom. The number of carbonyl (C=O) groups excluding carboxylic acids is 1. The third-order valence-electron chi connectivity index (χ3n) is 4.81. The molecule has 1 N–H and O–H groups in total. The predicted molar refractivity (Wildman–Crippen MR) is 120 cm³/mol.